The van der Waals surface area contributed by atoms with Gasteiger partial charge in [-0.25, -0.2) is 4.98 Å². The Labute approximate surface area is 129 Å². The van der Waals surface area contributed by atoms with Gasteiger partial charge in [-0.1, -0.05) is 19.0 Å². The molecule has 7 nitrogen and oxygen atoms in total. The molecular weight excluding hydrogens is 282 g/mol. The van der Waals surface area contributed by atoms with E-state index in [1.807, 2.05) is 18.7 Å². The lowest BCUT2D eigenvalue weighted by Gasteiger charge is -2.32. The number of H-pyrrole nitrogens is 1. The van der Waals surface area contributed by atoms with Crippen molar-refractivity contribution in [2.45, 2.75) is 39.0 Å². The van der Waals surface area contributed by atoms with Gasteiger partial charge in [0.2, 0.25) is 17.6 Å². The minimum Gasteiger partial charge on any atom is -0.342 e. The zero-order valence-corrected chi connectivity index (χ0v) is 13.0. The SMILES string of the molecule is CC[C@H](C)C(=O)N1CCC[C@H](c2nc(-c3ncc[nH]3)no2)C1. The Kier molecular flexibility index (Phi) is 4.22. The highest BCUT2D eigenvalue weighted by atomic mass is 16.5. The number of aromatic amines is 1. The van der Waals surface area contributed by atoms with Gasteiger partial charge in [-0.05, 0) is 19.3 Å². The third-order valence-electron chi connectivity index (χ3n) is 4.27. The van der Waals surface area contributed by atoms with Gasteiger partial charge in [-0.2, -0.15) is 4.98 Å². The fourth-order valence-electron chi connectivity index (χ4n) is 2.75. The van der Waals surface area contributed by atoms with E-state index < -0.39 is 0 Å². The number of nitrogens with one attached hydrogen (secondary N) is 1. The van der Waals surface area contributed by atoms with E-state index in [1.165, 1.54) is 0 Å². The molecule has 1 amide bonds. The molecule has 0 spiro atoms. The predicted molar refractivity (Wildman–Crippen MR) is 79.9 cm³/mol. The predicted octanol–water partition coefficient (Wildman–Crippen LogP) is 2.21. The summed E-state index contributed by atoms with van der Waals surface area (Å²) in [5, 5.41) is 3.97. The van der Waals surface area contributed by atoms with Gasteiger partial charge in [0.1, 0.15) is 0 Å². The van der Waals surface area contributed by atoms with Crippen molar-refractivity contribution in [1.29, 1.82) is 0 Å². The summed E-state index contributed by atoms with van der Waals surface area (Å²) in [5.74, 6) is 2.05. The van der Waals surface area contributed by atoms with Gasteiger partial charge in [-0.15, -0.1) is 0 Å². The van der Waals surface area contributed by atoms with Crippen molar-refractivity contribution < 1.29 is 9.32 Å². The van der Waals surface area contributed by atoms with E-state index in [0.29, 0.717) is 24.1 Å². The molecule has 2 atom stereocenters. The highest BCUT2D eigenvalue weighted by Gasteiger charge is 2.30. The number of imidazole rings is 1. The maximum Gasteiger partial charge on any atom is 0.238 e. The van der Waals surface area contributed by atoms with Crippen LogP contribution in [-0.4, -0.2) is 44.0 Å². The van der Waals surface area contributed by atoms with Gasteiger partial charge >= 0.3 is 0 Å². The molecule has 118 valence electrons. The molecule has 0 bridgehead atoms. The minimum absolute atomic E-state index is 0.0696. The van der Waals surface area contributed by atoms with Crippen LogP contribution in [0.1, 0.15) is 44.9 Å². The van der Waals surface area contributed by atoms with Crippen LogP contribution in [0.3, 0.4) is 0 Å². The first-order chi connectivity index (χ1) is 10.7. The molecule has 3 rings (SSSR count). The number of rotatable bonds is 4. The first-order valence-corrected chi connectivity index (χ1v) is 7.81. The summed E-state index contributed by atoms with van der Waals surface area (Å²) in [4.78, 5) is 25.8. The first kappa shape index (κ1) is 14.7. The van der Waals surface area contributed by atoms with E-state index in [-0.39, 0.29) is 17.7 Å². The Hall–Kier alpha value is -2.18. The second kappa shape index (κ2) is 6.29. The van der Waals surface area contributed by atoms with E-state index in [1.54, 1.807) is 12.4 Å². The largest absolute Gasteiger partial charge is 0.342 e. The average molecular weight is 303 g/mol. The normalized spacial score (nSPS) is 20.1. The van der Waals surface area contributed by atoms with Crippen molar-refractivity contribution in [1.82, 2.24) is 25.0 Å². The lowest BCUT2D eigenvalue weighted by atomic mass is 9.96. The molecule has 0 unspecified atom stereocenters. The van der Waals surface area contributed by atoms with Crippen molar-refractivity contribution in [3.8, 4) is 11.6 Å². The molecule has 22 heavy (non-hydrogen) atoms. The second-order valence-electron chi connectivity index (χ2n) is 5.83. The van der Waals surface area contributed by atoms with Gasteiger partial charge in [0.15, 0.2) is 5.82 Å². The number of carbonyl (C=O) groups is 1. The van der Waals surface area contributed by atoms with E-state index in [2.05, 4.69) is 20.1 Å². The summed E-state index contributed by atoms with van der Waals surface area (Å²) in [7, 11) is 0. The molecule has 0 radical (unpaired) electrons. The molecule has 2 aromatic rings. The highest BCUT2D eigenvalue weighted by molar-refractivity contribution is 5.78. The van der Waals surface area contributed by atoms with Gasteiger partial charge in [0.25, 0.3) is 0 Å². The van der Waals surface area contributed by atoms with Crippen molar-refractivity contribution in [2.24, 2.45) is 5.92 Å². The summed E-state index contributed by atoms with van der Waals surface area (Å²) >= 11 is 0. The molecule has 0 aromatic carbocycles. The average Bonchev–Trinajstić information content (AvgIpc) is 3.24. The molecule has 1 saturated heterocycles. The molecule has 1 aliphatic heterocycles. The minimum atomic E-state index is 0.0696. The van der Waals surface area contributed by atoms with Gasteiger partial charge < -0.3 is 14.4 Å². The van der Waals surface area contributed by atoms with Crippen LogP contribution in [0, 0.1) is 5.92 Å². The third-order valence-corrected chi connectivity index (χ3v) is 4.27. The number of nitrogens with zero attached hydrogens (tertiary/aromatic N) is 4. The van der Waals surface area contributed by atoms with Crippen LogP contribution in [0.25, 0.3) is 11.6 Å². The molecule has 0 aliphatic carbocycles. The summed E-state index contributed by atoms with van der Waals surface area (Å²) in [6.45, 7) is 5.49. The zero-order chi connectivity index (χ0) is 15.5. The standard InChI is InChI=1S/C15H21N5O2/c1-3-10(2)15(21)20-8-4-5-11(9-20)14-18-13(19-22-14)12-16-6-7-17-12/h6-7,10-11H,3-5,8-9H2,1-2H3,(H,16,17)/t10-,11-/m0/s1. The quantitative estimate of drug-likeness (QED) is 0.935. The van der Waals surface area contributed by atoms with Gasteiger partial charge in [0, 0.05) is 31.4 Å². The Morgan fingerprint density at radius 1 is 1.59 bits per heavy atom. The number of likely N-dealkylation sites (tertiary alicyclic amines) is 1. The first-order valence-electron chi connectivity index (χ1n) is 7.81. The van der Waals surface area contributed by atoms with Crippen molar-refractivity contribution >= 4 is 5.91 Å². The summed E-state index contributed by atoms with van der Waals surface area (Å²) < 4.78 is 5.38. The molecule has 0 saturated carbocycles. The Balaban J connectivity index is 1.71. The number of hydrogen-bond acceptors (Lipinski definition) is 5. The molecule has 3 heterocycles. The monoisotopic (exact) mass is 303 g/mol. The molecular formula is C15H21N5O2. The van der Waals surface area contributed by atoms with Gasteiger partial charge in [-0.3, -0.25) is 4.79 Å². The van der Waals surface area contributed by atoms with Crippen LogP contribution in [0.5, 0.6) is 0 Å². The van der Waals surface area contributed by atoms with Crippen molar-refractivity contribution in [3.63, 3.8) is 0 Å². The number of aromatic nitrogens is 4. The lowest BCUT2D eigenvalue weighted by molar-refractivity contribution is -0.136. The lowest BCUT2D eigenvalue weighted by Crippen LogP contribution is -2.41. The summed E-state index contributed by atoms with van der Waals surface area (Å²) in [5.41, 5.74) is 0. The van der Waals surface area contributed by atoms with Gasteiger partial charge in [0.05, 0.1) is 5.92 Å². The Morgan fingerprint density at radius 2 is 2.45 bits per heavy atom. The topological polar surface area (TPSA) is 87.9 Å². The maximum absolute atomic E-state index is 12.3. The van der Waals surface area contributed by atoms with Crippen LogP contribution in [0.2, 0.25) is 0 Å². The Bertz CT molecular complexity index is 622. The van der Waals surface area contributed by atoms with E-state index in [0.717, 1.165) is 25.8 Å². The van der Waals surface area contributed by atoms with E-state index in [9.17, 15) is 4.79 Å². The molecule has 2 aromatic heterocycles. The summed E-state index contributed by atoms with van der Waals surface area (Å²) in [6, 6.07) is 0. The van der Waals surface area contributed by atoms with Crippen LogP contribution in [0.15, 0.2) is 16.9 Å². The molecule has 1 fully saturated rings. The zero-order valence-electron chi connectivity index (χ0n) is 13.0. The fourth-order valence-corrected chi connectivity index (χ4v) is 2.75. The van der Waals surface area contributed by atoms with Crippen molar-refractivity contribution in [3.05, 3.63) is 18.3 Å². The number of amides is 1. The summed E-state index contributed by atoms with van der Waals surface area (Å²) in [6.07, 6.45) is 6.16. The number of carbonyl (C=O) groups excluding carboxylic acids is 1. The van der Waals surface area contributed by atoms with Crippen molar-refractivity contribution in [2.75, 3.05) is 13.1 Å². The highest BCUT2D eigenvalue weighted by Crippen LogP contribution is 2.27. The number of hydrogen-bond donors (Lipinski definition) is 1. The number of piperidine rings is 1. The molecule has 1 N–H and O–H groups in total. The Morgan fingerprint density at radius 3 is 3.18 bits per heavy atom. The maximum atomic E-state index is 12.3. The molecule has 1 aliphatic rings. The molecule has 7 heteroatoms. The van der Waals surface area contributed by atoms with Crippen LogP contribution >= 0.6 is 0 Å². The van der Waals surface area contributed by atoms with Crippen LogP contribution in [0.4, 0.5) is 0 Å². The van der Waals surface area contributed by atoms with E-state index in [4.69, 9.17) is 4.52 Å². The smallest absolute Gasteiger partial charge is 0.238 e. The second-order valence-corrected chi connectivity index (χ2v) is 5.83. The fraction of sp³-hybridized carbons (Fsp3) is 0.600. The van der Waals surface area contributed by atoms with Crippen LogP contribution in [-0.2, 0) is 4.79 Å². The van der Waals surface area contributed by atoms with Crippen LogP contribution < -0.4 is 0 Å². The third kappa shape index (κ3) is 2.88. The van der Waals surface area contributed by atoms with E-state index >= 15 is 0 Å².